The number of nitrogens with one attached hydrogen (secondary N) is 1. The SMILES string of the molecule is CC(C)Oc1ccccc1[CH]=[Ru]([Cl])[Cl].C[NH-]. The van der Waals surface area contributed by atoms with E-state index in [9.17, 15) is 0 Å². The minimum atomic E-state index is -1.77. The van der Waals surface area contributed by atoms with Crippen molar-refractivity contribution in [3.63, 3.8) is 0 Å². The molecule has 0 fully saturated rings. The Balaban J connectivity index is 0.00000106. The molecule has 0 saturated heterocycles. The van der Waals surface area contributed by atoms with Crippen LogP contribution in [-0.2, 0) is 13.5 Å². The summed E-state index contributed by atoms with van der Waals surface area (Å²) in [6.45, 7) is 3.99. The van der Waals surface area contributed by atoms with Crippen LogP contribution in [0.2, 0.25) is 0 Å². The number of rotatable bonds is 3. The fourth-order valence-corrected chi connectivity index (χ4v) is 2.82. The van der Waals surface area contributed by atoms with Crippen LogP contribution in [0, 0.1) is 0 Å². The van der Waals surface area contributed by atoms with E-state index in [1.54, 1.807) is 0 Å². The summed E-state index contributed by atoms with van der Waals surface area (Å²) in [6, 6.07) is 7.78. The molecule has 0 aromatic heterocycles. The Morgan fingerprint density at radius 1 is 1.25 bits per heavy atom. The quantitative estimate of drug-likeness (QED) is 0.752. The molecule has 0 amide bonds. The van der Waals surface area contributed by atoms with Gasteiger partial charge in [-0.15, -0.1) is 0 Å². The summed E-state index contributed by atoms with van der Waals surface area (Å²) in [5, 5.41) is 0. The Hall–Kier alpha value is 0.0534. The van der Waals surface area contributed by atoms with Gasteiger partial charge in [0.15, 0.2) is 0 Å². The molecule has 0 spiro atoms. The zero-order chi connectivity index (χ0) is 12.6. The number of hydrogen-bond acceptors (Lipinski definition) is 1. The van der Waals surface area contributed by atoms with Crippen molar-refractivity contribution in [3.8, 4) is 5.75 Å². The molecule has 1 N–H and O–H groups in total. The zero-order valence-electron chi connectivity index (χ0n) is 9.48. The Bertz CT molecular complexity index is 339. The van der Waals surface area contributed by atoms with E-state index in [0.717, 1.165) is 11.3 Å². The molecule has 0 aliphatic rings. The van der Waals surface area contributed by atoms with E-state index in [4.69, 9.17) is 29.9 Å². The van der Waals surface area contributed by atoms with Crippen LogP contribution in [0.25, 0.3) is 5.73 Å². The summed E-state index contributed by atoms with van der Waals surface area (Å²) in [7, 11) is 12.9. The molecule has 2 nitrogen and oxygen atoms in total. The van der Waals surface area contributed by atoms with Gasteiger partial charge < -0.3 is 5.73 Å². The maximum Gasteiger partial charge on any atom is -0.164 e. The van der Waals surface area contributed by atoms with E-state index >= 15 is 0 Å². The molecular weight excluding hydrogens is 334 g/mol. The number of benzene rings is 1. The first-order valence-corrected chi connectivity index (χ1v) is 10.2. The van der Waals surface area contributed by atoms with Crippen LogP contribution < -0.4 is 4.74 Å². The van der Waals surface area contributed by atoms with Gasteiger partial charge >= 0.3 is 97.8 Å². The van der Waals surface area contributed by atoms with Crippen LogP contribution in [-0.4, -0.2) is 17.8 Å². The predicted molar refractivity (Wildman–Crippen MR) is 69.3 cm³/mol. The average Bonchev–Trinajstić information content (AvgIpc) is 2.22. The third kappa shape index (κ3) is 6.60. The van der Waals surface area contributed by atoms with Gasteiger partial charge in [0.05, 0.1) is 0 Å². The summed E-state index contributed by atoms with van der Waals surface area (Å²) in [4.78, 5) is 0. The molecule has 1 rings (SSSR count). The minimum absolute atomic E-state index is 0.163. The molecule has 1 aromatic carbocycles. The fraction of sp³-hybridized carbons (Fsp3) is 0.364. The standard InChI is InChI=1S/C10H12O.CH4N.2ClH.Ru/c1-8(2)11-10-7-5-4-6-9(10)3;1-2;;;/h3-8H,1-2H3;2H,1H3;2*1H;/q;-1;;;+2/p-2. The van der Waals surface area contributed by atoms with Crippen molar-refractivity contribution < 1.29 is 18.3 Å². The number of ether oxygens (including phenoxy) is 1. The second-order valence-electron chi connectivity index (χ2n) is 3.01. The van der Waals surface area contributed by atoms with Crippen LogP contribution in [0.15, 0.2) is 24.3 Å². The number of para-hydroxylation sites is 1. The van der Waals surface area contributed by atoms with Gasteiger partial charge in [0.2, 0.25) is 0 Å². The maximum atomic E-state index is 5.82. The summed E-state index contributed by atoms with van der Waals surface area (Å²) < 4.78 is 7.51. The Labute approximate surface area is 110 Å². The van der Waals surface area contributed by atoms with Crippen molar-refractivity contribution in [1.82, 2.24) is 0 Å². The number of hydrogen-bond donors (Lipinski definition) is 0. The van der Waals surface area contributed by atoms with Gasteiger partial charge in [-0.25, -0.2) is 0 Å². The van der Waals surface area contributed by atoms with Crippen molar-refractivity contribution >= 4 is 24.0 Å². The molecule has 0 heterocycles. The first-order chi connectivity index (χ1) is 7.59. The average molecular weight is 350 g/mol. The first-order valence-electron chi connectivity index (χ1n) is 4.68. The zero-order valence-corrected chi connectivity index (χ0v) is 12.7. The van der Waals surface area contributed by atoms with Crippen molar-refractivity contribution in [2.45, 2.75) is 20.0 Å². The van der Waals surface area contributed by atoms with E-state index < -0.39 is 13.5 Å². The normalized spacial score (nSPS) is 10.3. The third-order valence-electron chi connectivity index (χ3n) is 1.47. The monoisotopic (exact) mass is 350 g/mol. The molecule has 0 radical (unpaired) electrons. The van der Waals surface area contributed by atoms with Crippen LogP contribution >= 0.6 is 19.4 Å². The van der Waals surface area contributed by atoms with Gasteiger partial charge in [0, 0.05) is 0 Å². The summed E-state index contributed by atoms with van der Waals surface area (Å²) in [6.07, 6.45) is 0.163. The second kappa shape index (κ2) is 9.12. The van der Waals surface area contributed by atoms with Gasteiger partial charge in [-0.3, -0.25) is 0 Å². The summed E-state index contributed by atoms with van der Waals surface area (Å²) in [5.41, 5.74) is 6.74. The smallest absolute Gasteiger partial charge is 0.164 e. The minimum Gasteiger partial charge on any atom is -0.680 e. The predicted octanol–water partition coefficient (Wildman–Crippen LogP) is 4.22. The van der Waals surface area contributed by atoms with E-state index in [2.05, 4.69) is 0 Å². The molecule has 1 aromatic rings. The van der Waals surface area contributed by atoms with E-state index in [1.807, 2.05) is 42.7 Å². The molecule has 0 saturated carbocycles. The molecular formula is C11H16Cl2NORu-. The van der Waals surface area contributed by atoms with Crippen molar-refractivity contribution in [3.05, 3.63) is 35.6 Å². The van der Waals surface area contributed by atoms with Crippen LogP contribution in [0.5, 0.6) is 5.75 Å². The second-order valence-corrected chi connectivity index (χ2v) is 8.74. The molecule has 0 aliphatic heterocycles. The van der Waals surface area contributed by atoms with E-state index in [0.29, 0.717) is 0 Å². The molecule has 16 heavy (non-hydrogen) atoms. The van der Waals surface area contributed by atoms with Crippen molar-refractivity contribution in [2.24, 2.45) is 0 Å². The Morgan fingerprint density at radius 3 is 2.31 bits per heavy atom. The van der Waals surface area contributed by atoms with Crippen LogP contribution in [0.1, 0.15) is 19.4 Å². The number of halogens is 2. The first kappa shape index (κ1) is 16.1. The summed E-state index contributed by atoms with van der Waals surface area (Å²) in [5.74, 6) is 0.850. The molecule has 0 aliphatic carbocycles. The van der Waals surface area contributed by atoms with E-state index in [-0.39, 0.29) is 6.10 Å². The maximum absolute atomic E-state index is 5.82. The molecule has 0 atom stereocenters. The van der Waals surface area contributed by atoms with Crippen molar-refractivity contribution in [1.29, 1.82) is 0 Å². The van der Waals surface area contributed by atoms with E-state index in [1.165, 1.54) is 7.05 Å². The largest absolute Gasteiger partial charge is 0.680 e. The fourth-order valence-electron chi connectivity index (χ4n) is 1.01. The van der Waals surface area contributed by atoms with Gasteiger partial charge in [-0.1, -0.05) is 0 Å². The molecule has 5 heteroatoms. The molecule has 0 bridgehead atoms. The van der Waals surface area contributed by atoms with Gasteiger partial charge in [0.1, 0.15) is 0 Å². The van der Waals surface area contributed by atoms with Crippen LogP contribution in [0.3, 0.4) is 0 Å². The van der Waals surface area contributed by atoms with Gasteiger partial charge in [0.25, 0.3) is 0 Å². The van der Waals surface area contributed by atoms with Crippen molar-refractivity contribution in [2.75, 3.05) is 7.05 Å². The molecule has 0 unspecified atom stereocenters. The summed E-state index contributed by atoms with van der Waals surface area (Å²) >= 11 is -1.77. The third-order valence-corrected chi connectivity index (χ3v) is 3.30. The van der Waals surface area contributed by atoms with Gasteiger partial charge in [-0.05, 0) is 0 Å². The molecule has 94 valence electrons. The van der Waals surface area contributed by atoms with Crippen LogP contribution in [0.4, 0.5) is 0 Å². The Kier molecular flexibility index (Phi) is 9.15. The Morgan fingerprint density at radius 2 is 1.81 bits per heavy atom. The topological polar surface area (TPSA) is 33.0 Å². The van der Waals surface area contributed by atoms with Gasteiger partial charge in [-0.2, -0.15) is 7.05 Å².